The van der Waals surface area contributed by atoms with E-state index in [4.69, 9.17) is 0 Å². The molecule has 1 aromatic heterocycles. The van der Waals surface area contributed by atoms with Crippen molar-refractivity contribution in [3.05, 3.63) is 30.4 Å². The van der Waals surface area contributed by atoms with Crippen molar-refractivity contribution >= 4 is 11.6 Å². The number of nitrogens with zero attached hydrogens (tertiary/aromatic N) is 2. The van der Waals surface area contributed by atoms with Gasteiger partial charge in [-0.3, -0.25) is 9.59 Å². The third-order valence-electron chi connectivity index (χ3n) is 8.58. The van der Waals surface area contributed by atoms with Crippen LogP contribution in [0.15, 0.2) is 30.4 Å². The van der Waals surface area contributed by atoms with Crippen molar-refractivity contribution in [3.63, 3.8) is 0 Å². The van der Waals surface area contributed by atoms with Crippen LogP contribution >= 0.6 is 0 Å². The van der Waals surface area contributed by atoms with Crippen molar-refractivity contribution in [1.82, 2.24) is 9.55 Å². The highest BCUT2D eigenvalue weighted by Gasteiger charge is 2.61. The van der Waals surface area contributed by atoms with Crippen molar-refractivity contribution in [2.24, 2.45) is 28.6 Å². The molecule has 0 aliphatic heterocycles. The van der Waals surface area contributed by atoms with Crippen molar-refractivity contribution < 1.29 is 9.59 Å². The van der Waals surface area contributed by atoms with Crippen molar-refractivity contribution in [2.75, 3.05) is 0 Å². The minimum atomic E-state index is -0.182. The normalized spacial score (nSPS) is 44.9. The van der Waals surface area contributed by atoms with E-state index in [1.807, 2.05) is 16.8 Å². The van der Waals surface area contributed by atoms with E-state index in [1.165, 1.54) is 5.57 Å². The highest BCUT2D eigenvalue weighted by molar-refractivity contribution is 5.92. The fourth-order valence-electron chi connectivity index (χ4n) is 7.06. The number of hydrogen-bond donors (Lipinski definition) is 0. The van der Waals surface area contributed by atoms with Crippen LogP contribution in [0.1, 0.15) is 64.8 Å². The molecule has 4 aliphatic rings. The van der Waals surface area contributed by atoms with Crippen LogP contribution in [0, 0.1) is 28.6 Å². The van der Waals surface area contributed by atoms with Crippen LogP contribution in [0.25, 0.3) is 0 Å². The molecule has 6 atom stereocenters. The molecule has 4 heteroatoms. The lowest BCUT2D eigenvalue weighted by molar-refractivity contribution is -0.134. The van der Waals surface area contributed by atoms with E-state index in [0.29, 0.717) is 35.7 Å². The maximum Gasteiger partial charge on any atom is 0.161 e. The Kier molecular flexibility index (Phi) is 3.42. The van der Waals surface area contributed by atoms with Gasteiger partial charge >= 0.3 is 0 Å². The second kappa shape index (κ2) is 5.40. The smallest absolute Gasteiger partial charge is 0.161 e. The summed E-state index contributed by atoms with van der Waals surface area (Å²) in [5.74, 6) is 2.44. The third-order valence-corrected chi connectivity index (χ3v) is 8.58. The first kappa shape index (κ1) is 16.5. The van der Waals surface area contributed by atoms with Gasteiger partial charge in [-0.2, -0.15) is 0 Å². The standard InChI is InChI=1S/C22H28N2O2/c1-21-7-5-15(25)11-14(21)3-4-16-17(21)6-8-22(2)18(16)12-19(20(22)26)24-10-9-23-13-24/h9-11,13,16-19H,3-8,12H2,1-2H3/t16-,17+,18+,19?,21+,22+/m1/s1. The number of aromatic nitrogens is 2. The lowest BCUT2D eigenvalue weighted by atomic mass is 9.47. The average molecular weight is 352 g/mol. The Morgan fingerprint density at radius 2 is 1.92 bits per heavy atom. The number of allylic oxidation sites excluding steroid dienone is 1. The van der Waals surface area contributed by atoms with E-state index in [-0.39, 0.29) is 16.9 Å². The topological polar surface area (TPSA) is 52.0 Å². The molecule has 0 N–H and O–H groups in total. The highest BCUT2D eigenvalue weighted by Crippen LogP contribution is 2.65. The zero-order valence-electron chi connectivity index (χ0n) is 15.8. The zero-order valence-corrected chi connectivity index (χ0v) is 15.8. The molecule has 1 heterocycles. The first-order valence-electron chi connectivity index (χ1n) is 10.2. The van der Waals surface area contributed by atoms with Gasteiger partial charge in [-0.25, -0.2) is 4.98 Å². The van der Waals surface area contributed by atoms with Crippen LogP contribution in [0.5, 0.6) is 0 Å². The van der Waals surface area contributed by atoms with Crippen molar-refractivity contribution in [3.8, 4) is 0 Å². The van der Waals surface area contributed by atoms with Gasteiger partial charge in [-0.15, -0.1) is 0 Å². The number of carbonyl (C=O) groups is 2. The molecular formula is C22H28N2O2. The van der Waals surface area contributed by atoms with Gasteiger partial charge in [-0.05, 0) is 67.8 Å². The Morgan fingerprint density at radius 1 is 1.08 bits per heavy atom. The van der Waals surface area contributed by atoms with Gasteiger partial charge in [0.15, 0.2) is 11.6 Å². The van der Waals surface area contributed by atoms with Gasteiger partial charge in [0, 0.05) is 24.2 Å². The van der Waals surface area contributed by atoms with E-state index in [2.05, 4.69) is 18.8 Å². The summed E-state index contributed by atoms with van der Waals surface area (Å²) in [6.07, 6.45) is 14.4. The van der Waals surface area contributed by atoms with Gasteiger partial charge in [0.1, 0.15) is 0 Å². The van der Waals surface area contributed by atoms with Crippen LogP contribution in [0.2, 0.25) is 0 Å². The van der Waals surface area contributed by atoms with E-state index in [1.54, 1.807) is 12.5 Å². The summed E-state index contributed by atoms with van der Waals surface area (Å²) in [6.45, 7) is 4.63. The van der Waals surface area contributed by atoms with E-state index >= 15 is 0 Å². The van der Waals surface area contributed by atoms with Crippen LogP contribution in [0.4, 0.5) is 0 Å². The second-order valence-corrected chi connectivity index (χ2v) is 9.55. The molecule has 0 aromatic carbocycles. The van der Waals surface area contributed by atoms with Crippen LogP contribution in [-0.2, 0) is 9.59 Å². The van der Waals surface area contributed by atoms with Crippen LogP contribution < -0.4 is 0 Å². The first-order chi connectivity index (χ1) is 12.4. The molecule has 1 unspecified atom stereocenters. The SMILES string of the molecule is C[C@]12CCC(=O)C=C1CC[C@@H]1[C@@H]2CC[C@]2(C)C(=O)C(n3ccnc3)C[C@@H]12. The van der Waals surface area contributed by atoms with E-state index in [0.717, 1.165) is 38.5 Å². The molecule has 3 saturated carbocycles. The predicted molar refractivity (Wildman–Crippen MR) is 98.4 cm³/mol. The van der Waals surface area contributed by atoms with Crippen LogP contribution in [0.3, 0.4) is 0 Å². The molecule has 3 fully saturated rings. The number of imidazole rings is 1. The summed E-state index contributed by atoms with van der Waals surface area (Å²) in [6, 6.07) is -0.0380. The molecule has 0 radical (unpaired) electrons. The number of rotatable bonds is 1. The molecule has 5 rings (SSSR count). The first-order valence-corrected chi connectivity index (χ1v) is 10.2. The fourth-order valence-corrected chi connectivity index (χ4v) is 7.06. The summed E-state index contributed by atoms with van der Waals surface area (Å²) in [4.78, 5) is 29.4. The summed E-state index contributed by atoms with van der Waals surface area (Å²) >= 11 is 0. The summed E-state index contributed by atoms with van der Waals surface area (Å²) in [7, 11) is 0. The maximum absolute atomic E-state index is 13.3. The monoisotopic (exact) mass is 352 g/mol. The molecule has 0 amide bonds. The molecule has 4 nitrogen and oxygen atoms in total. The molecule has 0 spiro atoms. The Labute approximate surface area is 155 Å². The minimum Gasteiger partial charge on any atom is -0.327 e. The molecular weight excluding hydrogens is 324 g/mol. The van der Waals surface area contributed by atoms with Crippen LogP contribution in [-0.4, -0.2) is 21.1 Å². The Balaban J connectivity index is 1.50. The molecule has 0 saturated heterocycles. The number of ketones is 2. The van der Waals surface area contributed by atoms with Gasteiger partial charge in [0.25, 0.3) is 0 Å². The van der Waals surface area contributed by atoms with Gasteiger partial charge < -0.3 is 4.57 Å². The van der Waals surface area contributed by atoms with Gasteiger partial charge in [0.2, 0.25) is 0 Å². The molecule has 138 valence electrons. The summed E-state index contributed by atoms with van der Waals surface area (Å²) < 4.78 is 2.02. The highest BCUT2D eigenvalue weighted by atomic mass is 16.1. The average Bonchev–Trinajstić information content (AvgIpc) is 3.23. The second-order valence-electron chi connectivity index (χ2n) is 9.55. The Hall–Kier alpha value is -1.71. The van der Waals surface area contributed by atoms with Crippen molar-refractivity contribution in [1.29, 1.82) is 0 Å². The molecule has 4 aliphatic carbocycles. The maximum atomic E-state index is 13.3. The predicted octanol–water partition coefficient (Wildman–Crippen LogP) is 4.14. The fraction of sp³-hybridized carbons (Fsp3) is 0.682. The number of carbonyl (C=O) groups excluding carboxylic acids is 2. The Morgan fingerprint density at radius 3 is 2.69 bits per heavy atom. The summed E-state index contributed by atoms with van der Waals surface area (Å²) in [5, 5.41) is 0. The number of Topliss-reactive ketones (excluding diaryl/α,β-unsaturated/α-hetero) is 1. The Bertz CT molecular complexity index is 795. The number of hydrogen-bond acceptors (Lipinski definition) is 3. The lowest BCUT2D eigenvalue weighted by Gasteiger charge is -2.56. The van der Waals surface area contributed by atoms with Gasteiger partial charge in [-0.1, -0.05) is 19.4 Å². The zero-order chi connectivity index (χ0) is 18.1. The minimum absolute atomic E-state index is 0.0380. The third kappa shape index (κ3) is 2.04. The van der Waals surface area contributed by atoms with Gasteiger partial charge in [0.05, 0.1) is 12.4 Å². The summed E-state index contributed by atoms with van der Waals surface area (Å²) in [5.41, 5.74) is 1.39. The molecule has 1 aromatic rings. The molecule has 26 heavy (non-hydrogen) atoms. The van der Waals surface area contributed by atoms with E-state index in [9.17, 15) is 9.59 Å². The lowest BCUT2D eigenvalue weighted by Crippen LogP contribution is -2.50. The van der Waals surface area contributed by atoms with E-state index < -0.39 is 0 Å². The van der Waals surface area contributed by atoms with Crippen molar-refractivity contribution in [2.45, 2.75) is 64.8 Å². The number of fused-ring (bicyclic) bond motifs is 5. The largest absolute Gasteiger partial charge is 0.327 e. The quantitative estimate of drug-likeness (QED) is 0.763. The molecule has 0 bridgehead atoms.